The molecule has 9 heteroatoms. The summed E-state index contributed by atoms with van der Waals surface area (Å²) in [6, 6.07) is 5.56. The van der Waals surface area contributed by atoms with Crippen molar-refractivity contribution in [3.05, 3.63) is 54.4 Å². The third kappa shape index (κ3) is 3.62. The number of benzene rings is 2. The summed E-state index contributed by atoms with van der Waals surface area (Å²) in [5.74, 6) is 0. The van der Waals surface area contributed by atoms with Gasteiger partial charge in [-0.3, -0.25) is 4.57 Å². The van der Waals surface area contributed by atoms with Crippen LogP contribution in [0.25, 0.3) is 0 Å². The molecular formula is C12H4Cl7OP. The Balaban J connectivity index is 2.65. The van der Waals surface area contributed by atoms with E-state index in [1.54, 1.807) is 0 Å². The van der Waals surface area contributed by atoms with Gasteiger partial charge >= 0.3 is 0 Å². The molecule has 2 rings (SSSR count). The van der Waals surface area contributed by atoms with E-state index in [1.165, 1.54) is 24.3 Å². The summed E-state index contributed by atoms with van der Waals surface area (Å²) in [5, 5.41) is 1.34. The fourth-order valence-electron chi connectivity index (χ4n) is 1.57. The molecule has 0 aliphatic rings. The quantitative estimate of drug-likeness (QED) is 0.358. The molecular weight excluding hydrogens is 439 g/mol. The molecule has 0 fully saturated rings. The molecule has 0 saturated heterocycles. The topological polar surface area (TPSA) is 17.1 Å². The van der Waals surface area contributed by atoms with Crippen LogP contribution in [0.2, 0.25) is 30.1 Å². The molecule has 0 radical (unpaired) electrons. The molecule has 0 heterocycles. The van der Waals surface area contributed by atoms with Gasteiger partial charge in [0.15, 0.2) is 0 Å². The van der Waals surface area contributed by atoms with Crippen LogP contribution in [0.5, 0.6) is 0 Å². The van der Waals surface area contributed by atoms with Gasteiger partial charge in [-0.15, -0.1) is 0 Å². The van der Waals surface area contributed by atoms with Gasteiger partial charge in [0.05, 0.1) is 30.1 Å². The van der Waals surface area contributed by atoms with Gasteiger partial charge in [-0.2, -0.15) is 0 Å². The van der Waals surface area contributed by atoms with E-state index in [4.69, 9.17) is 80.8 Å². The first kappa shape index (κ1) is 18.0. The van der Waals surface area contributed by atoms with E-state index in [0.29, 0.717) is 0 Å². The minimum atomic E-state index is -3.53. The summed E-state index contributed by atoms with van der Waals surface area (Å²) in [7, 11) is 0. The maximum absolute atomic E-state index is 12.9. The van der Waals surface area contributed by atoms with Gasteiger partial charge in [-0.1, -0.05) is 69.6 Å². The number of halogens is 7. The molecule has 0 aliphatic heterocycles. The van der Waals surface area contributed by atoms with Gasteiger partial charge in [0, 0.05) is 10.6 Å². The van der Waals surface area contributed by atoms with Crippen molar-refractivity contribution in [2.75, 3.05) is 0 Å². The molecule has 0 saturated carbocycles. The Hall–Kier alpha value is 0.700. The standard InChI is InChI=1S/C12H4Cl7OP/c13-7-1-5(2-8(14)11(7)17)21(19,20)6-3-9(15)12(18)10(16)4-6/h1-4H. The monoisotopic (exact) mass is 440 g/mol. The van der Waals surface area contributed by atoms with Gasteiger partial charge in [-0.05, 0) is 35.5 Å². The largest absolute Gasteiger partial charge is 0.296 e. The molecule has 0 aromatic heterocycles. The van der Waals surface area contributed by atoms with E-state index in [1.807, 2.05) is 0 Å². The van der Waals surface area contributed by atoms with Crippen molar-refractivity contribution in [3.8, 4) is 0 Å². The number of hydrogen-bond acceptors (Lipinski definition) is 1. The maximum atomic E-state index is 12.9. The van der Waals surface area contributed by atoms with Crippen molar-refractivity contribution < 1.29 is 4.57 Å². The molecule has 2 aromatic carbocycles. The zero-order chi connectivity index (χ0) is 15.9. The van der Waals surface area contributed by atoms with Crippen LogP contribution >= 0.6 is 87.3 Å². The molecule has 0 unspecified atom stereocenters. The smallest absolute Gasteiger partial charge is 0.225 e. The summed E-state index contributed by atoms with van der Waals surface area (Å²) in [6.07, 6.45) is 0. The minimum absolute atomic E-state index is 0.145. The van der Waals surface area contributed by atoms with Crippen molar-refractivity contribution in [1.82, 2.24) is 0 Å². The van der Waals surface area contributed by atoms with Crippen molar-refractivity contribution in [3.63, 3.8) is 0 Å². The van der Waals surface area contributed by atoms with E-state index < -0.39 is 6.49 Å². The summed E-state index contributed by atoms with van der Waals surface area (Å²) in [4.78, 5) is 0. The molecule has 0 amide bonds. The van der Waals surface area contributed by atoms with Crippen molar-refractivity contribution >= 4 is 98.0 Å². The summed E-state index contributed by atoms with van der Waals surface area (Å²) >= 11 is 41.7. The zero-order valence-corrected chi connectivity index (χ0v) is 16.0. The minimum Gasteiger partial charge on any atom is -0.296 e. The molecule has 0 N–H and O–H groups in total. The molecule has 21 heavy (non-hydrogen) atoms. The predicted molar refractivity (Wildman–Crippen MR) is 95.7 cm³/mol. The van der Waals surface area contributed by atoms with Gasteiger partial charge < -0.3 is 0 Å². The van der Waals surface area contributed by atoms with E-state index in [2.05, 4.69) is 0 Å². The molecule has 1 nitrogen and oxygen atoms in total. The van der Waals surface area contributed by atoms with Crippen LogP contribution in [0.15, 0.2) is 24.3 Å². The van der Waals surface area contributed by atoms with Crippen LogP contribution in [-0.2, 0) is 4.57 Å². The highest BCUT2D eigenvalue weighted by Crippen LogP contribution is 2.51. The third-order valence-corrected chi connectivity index (χ3v) is 8.01. The predicted octanol–water partition coefficient (Wildman–Crippen LogP) is 7.07. The first-order valence-electron chi connectivity index (χ1n) is 5.24. The van der Waals surface area contributed by atoms with Crippen molar-refractivity contribution in [1.29, 1.82) is 0 Å². The van der Waals surface area contributed by atoms with E-state index in [-0.39, 0.29) is 40.7 Å². The number of hydrogen-bond donors (Lipinski definition) is 0. The second-order valence-corrected chi connectivity index (χ2v) is 9.89. The van der Waals surface area contributed by atoms with Crippen LogP contribution in [0, 0.1) is 0 Å². The molecule has 2 aromatic rings. The fourth-order valence-corrected chi connectivity index (χ4v) is 5.13. The Bertz CT molecular complexity index is 667. The Morgan fingerprint density at radius 3 is 1.10 bits per heavy atom. The lowest BCUT2D eigenvalue weighted by Gasteiger charge is -2.14. The highest BCUT2D eigenvalue weighted by atomic mass is 35.7. The Kier molecular flexibility index (Phi) is 5.73. The first-order valence-corrected chi connectivity index (χ1v) is 10.1. The van der Waals surface area contributed by atoms with Gasteiger partial charge in [0.2, 0.25) is 6.49 Å². The van der Waals surface area contributed by atoms with Crippen molar-refractivity contribution in [2.24, 2.45) is 0 Å². The van der Waals surface area contributed by atoms with E-state index >= 15 is 0 Å². The molecule has 0 bridgehead atoms. The molecule has 112 valence electrons. The Morgan fingerprint density at radius 1 is 0.619 bits per heavy atom. The van der Waals surface area contributed by atoms with E-state index in [9.17, 15) is 4.57 Å². The van der Waals surface area contributed by atoms with Crippen LogP contribution < -0.4 is 10.6 Å². The molecule has 0 atom stereocenters. The molecule has 0 aliphatic carbocycles. The average molecular weight is 443 g/mol. The lowest BCUT2D eigenvalue weighted by Crippen LogP contribution is -2.13. The Morgan fingerprint density at radius 2 is 0.857 bits per heavy atom. The van der Waals surface area contributed by atoms with Crippen LogP contribution in [0.1, 0.15) is 0 Å². The molecule has 0 spiro atoms. The van der Waals surface area contributed by atoms with Crippen LogP contribution in [0.3, 0.4) is 0 Å². The zero-order valence-electron chi connectivity index (χ0n) is 9.81. The second-order valence-electron chi connectivity index (χ2n) is 3.98. The Labute approximate surface area is 156 Å². The summed E-state index contributed by atoms with van der Waals surface area (Å²) in [6.45, 7) is -3.53. The van der Waals surface area contributed by atoms with E-state index in [0.717, 1.165) is 0 Å². The summed E-state index contributed by atoms with van der Waals surface area (Å²) < 4.78 is 12.9. The third-order valence-electron chi connectivity index (χ3n) is 2.60. The highest BCUT2D eigenvalue weighted by Gasteiger charge is 2.28. The van der Waals surface area contributed by atoms with Crippen molar-refractivity contribution in [2.45, 2.75) is 0 Å². The number of rotatable bonds is 2. The fraction of sp³-hybridized carbons (Fsp3) is 0. The van der Waals surface area contributed by atoms with Gasteiger partial charge in [0.1, 0.15) is 0 Å². The van der Waals surface area contributed by atoms with Gasteiger partial charge in [-0.25, -0.2) is 0 Å². The lowest BCUT2D eigenvalue weighted by molar-refractivity contribution is 0.595. The van der Waals surface area contributed by atoms with Crippen LogP contribution in [-0.4, -0.2) is 0 Å². The SMILES string of the molecule is O=P(Cl)(c1cc(Cl)c(Cl)c(Cl)c1)c1cc(Cl)c(Cl)c(Cl)c1. The van der Waals surface area contributed by atoms with Crippen LogP contribution in [0.4, 0.5) is 0 Å². The second kappa shape index (κ2) is 6.67. The summed E-state index contributed by atoms with van der Waals surface area (Å²) in [5.41, 5.74) is 0. The highest BCUT2D eigenvalue weighted by molar-refractivity contribution is 8.00. The lowest BCUT2D eigenvalue weighted by atomic mass is 10.3. The van der Waals surface area contributed by atoms with Gasteiger partial charge in [0.25, 0.3) is 0 Å². The first-order chi connectivity index (χ1) is 9.64. The average Bonchev–Trinajstić information content (AvgIpc) is 2.40. The maximum Gasteiger partial charge on any atom is 0.225 e. The normalized spacial score (nSPS) is 11.8.